The fourth-order valence-electron chi connectivity index (χ4n) is 2.30. The Kier molecular flexibility index (Phi) is 4.04. The van der Waals surface area contributed by atoms with Crippen molar-refractivity contribution in [1.29, 1.82) is 0 Å². The lowest BCUT2D eigenvalue weighted by Crippen LogP contribution is -2.54. The van der Waals surface area contributed by atoms with Crippen LogP contribution in [0.25, 0.3) is 0 Å². The second kappa shape index (κ2) is 5.73. The van der Waals surface area contributed by atoms with Gasteiger partial charge in [-0.25, -0.2) is 5.84 Å². The van der Waals surface area contributed by atoms with Crippen LogP contribution in [0.5, 0.6) is 0 Å². The summed E-state index contributed by atoms with van der Waals surface area (Å²) in [5.41, 5.74) is 5.24. The van der Waals surface area contributed by atoms with E-state index in [9.17, 15) is 0 Å². The number of hydrogen-bond donors (Lipinski definition) is 2. The molecule has 18 heavy (non-hydrogen) atoms. The van der Waals surface area contributed by atoms with Crippen LogP contribution in [-0.2, 0) is 0 Å². The predicted octanol–water partition coefficient (Wildman–Crippen LogP) is 0.566. The van der Waals surface area contributed by atoms with E-state index in [2.05, 4.69) is 51.4 Å². The Bertz CT molecular complexity index is 421. The van der Waals surface area contributed by atoms with E-state index in [1.807, 2.05) is 0 Å². The van der Waals surface area contributed by atoms with Crippen molar-refractivity contribution >= 4 is 11.6 Å². The van der Waals surface area contributed by atoms with Crippen LogP contribution in [0.2, 0.25) is 0 Å². The lowest BCUT2D eigenvalue weighted by molar-refractivity contribution is 0.373. The van der Waals surface area contributed by atoms with E-state index >= 15 is 0 Å². The van der Waals surface area contributed by atoms with Gasteiger partial charge in [0.15, 0.2) is 0 Å². The second-order valence-electron chi connectivity index (χ2n) is 4.50. The molecule has 98 valence electrons. The molecule has 2 rings (SSSR count). The van der Waals surface area contributed by atoms with Crippen molar-refractivity contribution in [3.05, 3.63) is 29.8 Å². The number of guanidine groups is 1. The molecule has 0 aromatic heterocycles. The summed E-state index contributed by atoms with van der Waals surface area (Å²) in [6.45, 7) is 5.98. The molecule has 5 heteroatoms. The van der Waals surface area contributed by atoms with Gasteiger partial charge >= 0.3 is 0 Å². The molecule has 0 saturated carbocycles. The highest BCUT2D eigenvalue weighted by Gasteiger charge is 2.19. The van der Waals surface area contributed by atoms with Gasteiger partial charge in [-0.1, -0.05) is 12.1 Å². The summed E-state index contributed by atoms with van der Waals surface area (Å²) in [5, 5.41) is 0. The van der Waals surface area contributed by atoms with Crippen molar-refractivity contribution in [3.8, 4) is 0 Å². The van der Waals surface area contributed by atoms with Crippen LogP contribution in [0.3, 0.4) is 0 Å². The van der Waals surface area contributed by atoms with E-state index in [1.165, 1.54) is 11.3 Å². The standard InChI is InChI=1S/C13H21N5/c1-11-4-3-5-12(10-11)17-6-8-18(9-7-17)13(15-2)16-14/h3-5,10H,6-9,14H2,1-2H3,(H,15,16). The average Bonchev–Trinajstić information content (AvgIpc) is 2.41. The van der Waals surface area contributed by atoms with Crippen LogP contribution in [0.1, 0.15) is 5.56 Å². The molecule has 1 fully saturated rings. The number of hydrogen-bond acceptors (Lipinski definition) is 3. The molecule has 0 radical (unpaired) electrons. The molecule has 0 spiro atoms. The largest absolute Gasteiger partial charge is 0.368 e. The van der Waals surface area contributed by atoms with Crippen LogP contribution in [0.15, 0.2) is 29.3 Å². The summed E-state index contributed by atoms with van der Waals surface area (Å²) in [5.74, 6) is 6.21. The molecule has 1 aliphatic heterocycles. The minimum Gasteiger partial charge on any atom is -0.368 e. The summed E-state index contributed by atoms with van der Waals surface area (Å²) >= 11 is 0. The number of anilines is 1. The van der Waals surface area contributed by atoms with E-state index in [0.717, 1.165) is 32.1 Å². The van der Waals surface area contributed by atoms with Gasteiger partial charge in [-0.05, 0) is 24.6 Å². The third-order valence-corrected chi connectivity index (χ3v) is 3.29. The van der Waals surface area contributed by atoms with Crippen molar-refractivity contribution < 1.29 is 0 Å². The summed E-state index contributed by atoms with van der Waals surface area (Å²) in [6, 6.07) is 8.63. The molecular weight excluding hydrogens is 226 g/mol. The maximum Gasteiger partial charge on any atom is 0.208 e. The van der Waals surface area contributed by atoms with Crippen molar-refractivity contribution in [2.75, 3.05) is 38.1 Å². The van der Waals surface area contributed by atoms with Gasteiger partial charge in [0.1, 0.15) is 0 Å². The zero-order chi connectivity index (χ0) is 13.0. The molecule has 1 aromatic carbocycles. The maximum absolute atomic E-state index is 5.44. The van der Waals surface area contributed by atoms with Gasteiger partial charge in [0.25, 0.3) is 0 Å². The maximum atomic E-state index is 5.44. The number of aliphatic imine (C=N–C) groups is 1. The first-order valence-electron chi connectivity index (χ1n) is 6.24. The molecule has 0 unspecified atom stereocenters. The van der Waals surface area contributed by atoms with Crippen LogP contribution in [0.4, 0.5) is 5.69 Å². The number of hydrazine groups is 1. The summed E-state index contributed by atoms with van der Waals surface area (Å²) in [7, 11) is 1.75. The molecule has 1 aliphatic rings. The minimum atomic E-state index is 0.763. The van der Waals surface area contributed by atoms with Crippen LogP contribution >= 0.6 is 0 Å². The summed E-state index contributed by atoms with van der Waals surface area (Å²) < 4.78 is 0. The van der Waals surface area contributed by atoms with E-state index in [-0.39, 0.29) is 0 Å². The molecule has 0 aliphatic carbocycles. The van der Waals surface area contributed by atoms with Crippen molar-refractivity contribution in [2.45, 2.75) is 6.92 Å². The summed E-state index contributed by atoms with van der Waals surface area (Å²) in [6.07, 6.45) is 0. The fourth-order valence-corrected chi connectivity index (χ4v) is 2.30. The Morgan fingerprint density at radius 2 is 2.00 bits per heavy atom. The number of piperazine rings is 1. The first kappa shape index (κ1) is 12.7. The highest BCUT2D eigenvalue weighted by atomic mass is 15.4. The van der Waals surface area contributed by atoms with Crippen molar-refractivity contribution in [1.82, 2.24) is 10.3 Å². The normalized spacial score (nSPS) is 16.9. The zero-order valence-electron chi connectivity index (χ0n) is 11.1. The minimum absolute atomic E-state index is 0.763. The van der Waals surface area contributed by atoms with Gasteiger partial charge in [-0.15, -0.1) is 0 Å². The lowest BCUT2D eigenvalue weighted by Gasteiger charge is -2.37. The van der Waals surface area contributed by atoms with E-state index < -0.39 is 0 Å². The average molecular weight is 247 g/mol. The number of nitrogens with one attached hydrogen (secondary N) is 1. The number of aryl methyl sites for hydroxylation is 1. The predicted molar refractivity (Wildman–Crippen MR) is 75.6 cm³/mol. The van der Waals surface area contributed by atoms with Gasteiger partial charge < -0.3 is 9.80 Å². The molecule has 5 nitrogen and oxygen atoms in total. The number of nitrogens with two attached hydrogens (primary N) is 1. The van der Waals surface area contributed by atoms with Crippen molar-refractivity contribution in [2.24, 2.45) is 10.8 Å². The number of rotatable bonds is 1. The number of benzene rings is 1. The van der Waals surface area contributed by atoms with Crippen LogP contribution < -0.4 is 16.2 Å². The molecule has 0 atom stereocenters. The van der Waals surface area contributed by atoms with Gasteiger partial charge in [-0.3, -0.25) is 10.4 Å². The van der Waals surface area contributed by atoms with E-state index in [1.54, 1.807) is 7.05 Å². The summed E-state index contributed by atoms with van der Waals surface area (Å²) in [4.78, 5) is 8.70. The quantitative estimate of drug-likeness (QED) is 0.330. The highest BCUT2D eigenvalue weighted by molar-refractivity contribution is 5.79. The molecular formula is C13H21N5. The SMILES string of the molecule is CN=C(NN)N1CCN(c2cccc(C)c2)CC1. The molecule has 0 bridgehead atoms. The Labute approximate surface area is 108 Å². The van der Waals surface area contributed by atoms with Crippen LogP contribution in [-0.4, -0.2) is 44.1 Å². The zero-order valence-corrected chi connectivity index (χ0v) is 11.1. The third-order valence-electron chi connectivity index (χ3n) is 3.29. The van der Waals surface area contributed by atoms with E-state index in [0.29, 0.717) is 0 Å². The molecule has 0 amide bonds. The second-order valence-corrected chi connectivity index (χ2v) is 4.50. The van der Waals surface area contributed by atoms with Crippen LogP contribution in [0, 0.1) is 6.92 Å². The molecule has 1 aromatic rings. The smallest absolute Gasteiger partial charge is 0.208 e. The number of nitrogens with zero attached hydrogens (tertiary/aromatic N) is 3. The molecule has 1 saturated heterocycles. The molecule has 1 heterocycles. The fraction of sp³-hybridized carbons (Fsp3) is 0.462. The van der Waals surface area contributed by atoms with Gasteiger partial charge in [0, 0.05) is 38.9 Å². The Morgan fingerprint density at radius 3 is 2.56 bits per heavy atom. The van der Waals surface area contributed by atoms with E-state index in [4.69, 9.17) is 5.84 Å². The van der Waals surface area contributed by atoms with Gasteiger partial charge in [0.2, 0.25) is 5.96 Å². The third kappa shape index (κ3) is 2.73. The highest BCUT2D eigenvalue weighted by Crippen LogP contribution is 2.17. The first-order chi connectivity index (χ1) is 8.74. The van der Waals surface area contributed by atoms with Crippen molar-refractivity contribution in [3.63, 3.8) is 0 Å². The first-order valence-corrected chi connectivity index (χ1v) is 6.24. The van der Waals surface area contributed by atoms with Gasteiger partial charge in [-0.2, -0.15) is 0 Å². The Morgan fingerprint density at radius 1 is 1.28 bits per heavy atom. The van der Waals surface area contributed by atoms with Gasteiger partial charge in [0.05, 0.1) is 0 Å². The lowest BCUT2D eigenvalue weighted by atomic mass is 10.2. The monoisotopic (exact) mass is 247 g/mol. The molecule has 3 N–H and O–H groups in total. The Balaban J connectivity index is 1.98. The topological polar surface area (TPSA) is 56.9 Å². The Hall–Kier alpha value is -1.75.